The van der Waals surface area contributed by atoms with Crippen LogP contribution >= 0.6 is 0 Å². The van der Waals surface area contributed by atoms with Crippen molar-refractivity contribution in [3.8, 4) is 0 Å². The number of ether oxygens (including phenoxy) is 2. The van der Waals surface area contributed by atoms with Crippen LogP contribution in [0.1, 0.15) is 32.1 Å². The van der Waals surface area contributed by atoms with Crippen LogP contribution in [0, 0.1) is 5.92 Å². The summed E-state index contributed by atoms with van der Waals surface area (Å²) in [6.07, 6.45) is 5.09. The van der Waals surface area contributed by atoms with Crippen LogP contribution in [0.25, 0.3) is 0 Å². The van der Waals surface area contributed by atoms with Gasteiger partial charge in [-0.2, -0.15) is 0 Å². The number of carbonyl (C=O) groups is 3. The minimum absolute atomic E-state index is 0.108. The van der Waals surface area contributed by atoms with E-state index in [1.54, 1.807) is 6.08 Å². The molecule has 0 unspecified atom stereocenters. The van der Waals surface area contributed by atoms with Crippen LogP contribution in [0.15, 0.2) is 11.6 Å². The zero-order chi connectivity index (χ0) is 13.5. The lowest BCUT2D eigenvalue weighted by Gasteiger charge is -2.15. The maximum Gasteiger partial charge on any atom is 0.334 e. The first kappa shape index (κ1) is 14.4. The van der Waals surface area contributed by atoms with Crippen molar-refractivity contribution in [2.24, 2.45) is 5.92 Å². The van der Waals surface area contributed by atoms with Gasteiger partial charge in [-0.3, -0.25) is 9.59 Å². The van der Waals surface area contributed by atoms with E-state index in [2.05, 4.69) is 9.47 Å². The maximum absolute atomic E-state index is 12.0. The van der Waals surface area contributed by atoms with E-state index in [0.29, 0.717) is 6.42 Å². The van der Waals surface area contributed by atoms with Gasteiger partial charge in [0.05, 0.1) is 19.8 Å². The molecule has 0 radical (unpaired) electrons. The zero-order valence-corrected chi connectivity index (χ0v) is 10.7. The molecule has 0 saturated heterocycles. The molecular formula is C13H18O5. The first-order valence-electron chi connectivity index (χ1n) is 6.00. The Labute approximate surface area is 106 Å². The van der Waals surface area contributed by atoms with Crippen molar-refractivity contribution < 1.29 is 23.9 Å². The monoisotopic (exact) mass is 254 g/mol. The Balaban J connectivity index is 3.10. The third-order valence-corrected chi connectivity index (χ3v) is 2.98. The summed E-state index contributed by atoms with van der Waals surface area (Å²) in [6, 6.07) is 0. The molecule has 0 fully saturated rings. The summed E-state index contributed by atoms with van der Waals surface area (Å²) in [7, 11) is 2.44. The molecule has 0 bridgehead atoms. The fourth-order valence-corrected chi connectivity index (χ4v) is 2.01. The molecule has 0 spiro atoms. The Morgan fingerprint density at radius 2 is 1.89 bits per heavy atom. The standard InChI is InChI=1S/C13H18O5/c1-17-12(15)9-7-5-3-4-6-8-10(14)11(9)13(16)18-2/h7,11H,3-6,8H2,1-2H3/b9-7-/t11-/m1/s1. The average Bonchev–Trinajstić information content (AvgIpc) is 2.47. The third kappa shape index (κ3) is 3.42. The van der Waals surface area contributed by atoms with Crippen molar-refractivity contribution >= 4 is 17.7 Å². The van der Waals surface area contributed by atoms with Crippen LogP contribution in [0.2, 0.25) is 0 Å². The molecule has 0 aliphatic heterocycles. The highest BCUT2D eigenvalue weighted by Gasteiger charge is 2.35. The molecule has 1 rings (SSSR count). The van der Waals surface area contributed by atoms with E-state index in [9.17, 15) is 14.4 Å². The van der Waals surface area contributed by atoms with E-state index in [1.807, 2.05) is 0 Å². The van der Waals surface area contributed by atoms with Gasteiger partial charge in [0, 0.05) is 6.42 Å². The van der Waals surface area contributed by atoms with Crippen LogP contribution in [0.3, 0.4) is 0 Å². The summed E-state index contributed by atoms with van der Waals surface area (Å²) in [5, 5.41) is 0. The number of hydrogen-bond acceptors (Lipinski definition) is 5. The Hall–Kier alpha value is -1.65. The van der Waals surface area contributed by atoms with Crippen LogP contribution < -0.4 is 0 Å². The first-order valence-corrected chi connectivity index (χ1v) is 6.00. The molecule has 0 aromatic heterocycles. The quantitative estimate of drug-likeness (QED) is 0.550. The molecule has 100 valence electrons. The second-order valence-corrected chi connectivity index (χ2v) is 4.17. The second-order valence-electron chi connectivity index (χ2n) is 4.17. The van der Waals surface area contributed by atoms with E-state index in [4.69, 9.17) is 0 Å². The number of Topliss-reactive ketones (excluding diaryl/α,β-unsaturated/α-hetero) is 1. The van der Waals surface area contributed by atoms with E-state index < -0.39 is 17.9 Å². The number of allylic oxidation sites excluding steroid dienone is 1. The van der Waals surface area contributed by atoms with Crippen LogP contribution in [-0.2, 0) is 23.9 Å². The summed E-state index contributed by atoms with van der Waals surface area (Å²) < 4.78 is 9.25. The largest absolute Gasteiger partial charge is 0.468 e. The lowest BCUT2D eigenvalue weighted by molar-refractivity contribution is -0.151. The Bertz CT molecular complexity index is 370. The molecule has 0 aromatic carbocycles. The highest BCUT2D eigenvalue weighted by atomic mass is 16.5. The Morgan fingerprint density at radius 1 is 1.17 bits per heavy atom. The molecule has 0 amide bonds. The normalized spacial score (nSPS) is 24.0. The topological polar surface area (TPSA) is 69.7 Å². The van der Waals surface area contributed by atoms with Gasteiger partial charge in [0.15, 0.2) is 5.78 Å². The summed E-state index contributed by atoms with van der Waals surface area (Å²) in [5.74, 6) is -2.75. The third-order valence-electron chi connectivity index (χ3n) is 2.98. The predicted molar refractivity (Wildman–Crippen MR) is 63.7 cm³/mol. The molecule has 1 atom stereocenters. The van der Waals surface area contributed by atoms with Gasteiger partial charge in [0.2, 0.25) is 0 Å². The lowest BCUT2D eigenvalue weighted by Crippen LogP contribution is -2.30. The van der Waals surface area contributed by atoms with Gasteiger partial charge in [-0.05, 0) is 19.3 Å². The molecule has 0 aromatic rings. The molecule has 5 heteroatoms. The van der Waals surface area contributed by atoms with E-state index >= 15 is 0 Å². The molecule has 0 N–H and O–H groups in total. The molecule has 1 aliphatic carbocycles. The van der Waals surface area contributed by atoms with Crippen molar-refractivity contribution in [1.82, 2.24) is 0 Å². The predicted octanol–water partition coefficient (Wildman–Crippen LogP) is 1.41. The molecule has 0 saturated carbocycles. The SMILES string of the molecule is COC(=O)/C1=C\CCCCCC(=O)[C@@H]1C(=O)OC. The van der Waals surface area contributed by atoms with Crippen molar-refractivity contribution in [3.63, 3.8) is 0 Å². The van der Waals surface area contributed by atoms with Gasteiger partial charge in [-0.15, -0.1) is 0 Å². The fourth-order valence-electron chi connectivity index (χ4n) is 2.01. The van der Waals surface area contributed by atoms with Crippen molar-refractivity contribution in [2.75, 3.05) is 14.2 Å². The summed E-state index contributed by atoms with van der Waals surface area (Å²) in [4.78, 5) is 35.4. The van der Waals surface area contributed by atoms with Gasteiger partial charge in [-0.1, -0.05) is 12.5 Å². The average molecular weight is 254 g/mol. The van der Waals surface area contributed by atoms with E-state index in [-0.39, 0.29) is 17.8 Å². The first-order chi connectivity index (χ1) is 8.61. The zero-order valence-electron chi connectivity index (χ0n) is 10.7. The molecule has 0 heterocycles. The summed E-state index contributed by atoms with van der Waals surface area (Å²) in [5.41, 5.74) is 0.108. The van der Waals surface area contributed by atoms with Crippen molar-refractivity contribution in [2.45, 2.75) is 32.1 Å². The Morgan fingerprint density at radius 3 is 2.50 bits per heavy atom. The van der Waals surface area contributed by atoms with Crippen molar-refractivity contribution in [3.05, 3.63) is 11.6 Å². The second kappa shape index (κ2) is 6.93. The molecule has 5 nitrogen and oxygen atoms in total. The molecule has 1 aliphatic rings. The van der Waals surface area contributed by atoms with Gasteiger partial charge in [-0.25, -0.2) is 4.79 Å². The van der Waals surface area contributed by atoms with Gasteiger partial charge in [0.25, 0.3) is 0 Å². The lowest BCUT2D eigenvalue weighted by atomic mass is 9.92. The minimum atomic E-state index is -1.14. The number of hydrogen-bond donors (Lipinski definition) is 0. The van der Waals surface area contributed by atoms with E-state index in [0.717, 1.165) is 19.3 Å². The smallest absolute Gasteiger partial charge is 0.334 e. The van der Waals surface area contributed by atoms with Gasteiger partial charge < -0.3 is 9.47 Å². The van der Waals surface area contributed by atoms with Gasteiger partial charge in [0.1, 0.15) is 5.92 Å². The number of esters is 2. The highest BCUT2D eigenvalue weighted by Crippen LogP contribution is 2.22. The number of rotatable bonds is 2. The number of methoxy groups -OCH3 is 2. The van der Waals surface area contributed by atoms with Crippen molar-refractivity contribution in [1.29, 1.82) is 0 Å². The van der Waals surface area contributed by atoms with E-state index in [1.165, 1.54) is 14.2 Å². The maximum atomic E-state index is 12.0. The fraction of sp³-hybridized carbons (Fsp3) is 0.615. The highest BCUT2D eigenvalue weighted by molar-refractivity contribution is 6.09. The van der Waals surface area contributed by atoms with Gasteiger partial charge >= 0.3 is 11.9 Å². The number of ketones is 1. The van der Waals surface area contributed by atoms with Crippen LogP contribution in [0.5, 0.6) is 0 Å². The number of carbonyl (C=O) groups excluding carboxylic acids is 3. The molecule has 18 heavy (non-hydrogen) atoms. The van der Waals surface area contributed by atoms with Crippen LogP contribution in [-0.4, -0.2) is 31.9 Å². The molecular weight excluding hydrogens is 236 g/mol. The minimum Gasteiger partial charge on any atom is -0.468 e. The van der Waals surface area contributed by atoms with Crippen LogP contribution in [0.4, 0.5) is 0 Å². The summed E-state index contributed by atoms with van der Waals surface area (Å²) in [6.45, 7) is 0. The summed E-state index contributed by atoms with van der Waals surface area (Å²) >= 11 is 0. The Kier molecular flexibility index (Phi) is 5.55.